The Balaban J connectivity index is 1.11. The lowest BCUT2D eigenvalue weighted by Crippen LogP contribution is -2.12. The summed E-state index contributed by atoms with van der Waals surface area (Å²) in [5.74, 6) is 0. The fourth-order valence-corrected chi connectivity index (χ4v) is 9.12. The van der Waals surface area contributed by atoms with E-state index in [-0.39, 0.29) is 0 Å². The van der Waals surface area contributed by atoms with Crippen molar-refractivity contribution in [1.82, 2.24) is 4.57 Å². The highest BCUT2D eigenvalue weighted by atomic mass is 15.1. The molecule has 1 heterocycles. The SMILES string of the molecule is c1ccc(-c2ccc(N(c3ccc4c5ccccc5n(-c5ccc(-c6ccccc6-c6ccccc6)cc5)c4c3)c3cccc(-c4ccccc4)c3-c3ccccc3)cc2)cc1. The van der Waals surface area contributed by atoms with Crippen molar-refractivity contribution in [3.05, 3.63) is 255 Å². The maximum absolute atomic E-state index is 2.44. The zero-order chi connectivity index (χ0) is 41.2. The lowest BCUT2D eigenvalue weighted by molar-refractivity contribution is 1.18. The van der Waals surface area contributed by atoms with E-state index in [1.807, 2.05) is 0 Å². The van der Waals surface area contributed by atoms with Gasteiger partial charge in [0.2, 0.25) is 0 Å². The molecule has 0 amide bonds. The van der Waals surface area contributed by atoms with Crippen LogP contribution in [-0.4, -0.2) is 4.57 Å². The van der Waals surface area contributed by atoms with Crippen LogP contribution in [0.1, 0.15) is 0 Å². The average molecular weight is 791 g/mol. The van der Waals surface area contributed by atoms with Gasteiger partial charge in [0, 0.05) is 33.4 Å². The lowest BCUT2D eigenvalue weighted by atomic mass is 9.92. The Morgan fingerprint density at radius 2 is 0.726 bits per heavy atom. The molecule has 0 aliphatic heterocycles. The molecule has 0 N–H and O–H groups in total. The summed E-state index contributed by atoms with van der Waals surface area (Å²) in [6.45, 7) is 0. The largest absolute Gasteiger partial charge is 0.310 e. The van der Waals surface area contributed by atoms with E-state index in [1.165, 1.54) is 66.4 Å². The van der Waals surface area contributed by atoms with Crippen LogP contribution in [0.2, 0.25) is 0 Å². The molecule has 11 rings (SSSR count). The molecule has 0 bridgehead atoms. The predicted molar refractivity (Wildman–Crippen MR) is 263 cm³/mol. The molecule has 11 aromatic rings. The first-order chi connectivity index (χ1) is 30.8. The number of rotatable bonds is 9. The first-order valence-corrected chi connectivity index (χ1v) is 21.3. The molecule has 292 valence electrons. The van der Waals surface area contributed by atoms with Crippen LogP contribution in [-0.2, 0) is 0 Å². The predicted octanol–water partition coefficient (Wildman–Crippen LogP) is 16.6. The summed E-state index contributed by atoms with van der Waals surface area (Å²) in [7, 11) is 0. The van der Waals surface area contributed by atoms with Crippen molar-refractivity contribution in [2.24, 2.45) is 0 Å². The topological polar surface area (TPSA) is 8.17 Å². The first-order valence-electron chi connectivity index (χ1n) is 21.3. The standard InChI is InChI=1S/C60H42N2/c1-5-18-43(19-6-1)44-32-36-49(37-33-44)61(58-31-17-29-54(46-22-9-3-10-23-46)60(58)48-24-11-4-12-25-48)51-40-41-56-55-28-15-16-30-57(55)62(59(56)42-51)50-38-34-47(35-39-50)53-27-14-13-26-52(53)45-20-7-2-8-21-45/h1-42H. The van der Waals surface area contributed by atoms with Crippen LogP contribution >= 0.6 is 0 Å². The second-order valence-electron chi connectivity index (χ2n) is 15.7. The van der Waals surface area contributed by atoms with Gasteiger partial charge in [-0.25, -0.2) is 0 Å². The molecule has 1 aromatic heterocycles. The summed E-state index contributed by atoms with van der Waals surface area (Å²) in [6.07, 6.45) is 0. The molecule has 10 aromatic carbocycles. The van der Waals surface area contributed by atoms with Crippen LogP contribution in [0.3, 0.4) is 0 Å². The fourth-order valence-electron chi connectivity index (χ4n) is 9.12. The number of anilines is 3. The third-order valence-electron chi connectivity index (χ3n) is 12.0. The third-order valence-corrected chi connectivity index (χ3v) is 12.0. The minimum atomic E-state index is 1.07. The number of fused-ring (bicyclic) bond motifs is 3. The molecule has 2 nitrogen and oxygen atoms in total. The highest BCUT2D eigenvalue weighted by Gasteiger charge is 2.22. The van der Waals surface area contributed by atoms with E-state index in [1.54, 1.807) is 0 Å². The Hall–Kier alpha value is -8.20. The zero-order valence-corrected chi connectivity index (χ0v) is 34.1. The normalized spacial score (nSPS) is 11.2. The van der Waals surface area contributed by atoms with Gasteiger partial charge in [-0.15, -0.1) is 0 Å². The van der Waals surface area contributed by atoms with Gasteiger partial charge >= 0.3 is 0 Å². The van der Waals surface area contributed by atoms with Crippen molar-refractivity contribution in [3.63, 3.8) is 0 Å². The number of nitrogens with zero attached hydrogens (tertiary/aromatic N) is 2. The highest BCUT2D eigenvalue weighted by Crippen LogP contribution is 2.47. The summed E-state index contributed by atoms with van der Waals surface area (Å²) < 4.78 is 2.43. The average Bonchev–Trinajstić information content (AvgIpc) is 3.69. The molecule has 0 radical (unpaired) electrons. The number of benzene rings is 10. The number of hydrogen-bond donors (Lipinski definition) is 0. The van der Waals surface area contributed by atoms with Crippen molar-refractivity contribution in [1.29, 1.82) is 0 Å². The monoisotopic (exact) mass is 790 g/mol. The van der Waals surface area contributed by atoms with Gasteiger partial charge in [0.25, 0.3) is 0 Å². The second kappa shape index (κ2) is 16.1. The number of aromatic nitrogens is 1. The van der Waals surface area contributed by atoms with E-state index in [2.05, 4.69) is 264 Å². The molecule has 62 heavy (non-hydrogen) atoms. The molecule has 0 aliphatic carbocycles. The van der Waals surface area contributed by atoms with Gasteiger partial charge in [0.1, 0.15) is 0 Å². The van der Waals surface area contributed by atoms with Gasteiger partial charge in [0.15, 0.2) is 0 Å². The molecule has 0 atom stereocenters. The maximum Gasteiger partial charge on any atom is 0.0561 e. The van der Waals surface area contributed by atoms with Crippen molar-refractivity contribution in [2.45, 2.75) is 0 Å². The van der Waals surface area contributed by atoms with Gasteiger partial charge in [-0.3, -0.25) is 0 Å². The van der Waals surface area contributed by atoms with E-state index in [0.29, 0.717) is 0 Å². The Kier molecular flexibility index (Phi) is 9.57. The molecule has 0 aliphatic rings. The second-order valence-corrected chi connectivity index (χ2v) is 15.7. The van der Waals surface area contributed by atoms with Crippen molar-refractivity contribution in [3.8, 4) is 61.3 Å². The highest BCUT2D eigenvalue weighted by molar-refractivity contribution is 6.11. The summed E-state index contributed by atoms with van der Waals surface area (Å²) in [4.78, 5) is 2.44. The van der Waals surface area contributed by atoms with Crippen molar-refractivity contribution in [2.75, 3.05) is 4.90 Å². The van der Waals surface area contributed by atoms with Gasteiger partial charge in [0.05, 0.1) is 16.7 Å². The van der Waals surface area contributed by atoms with Crippen LogP contribution in [0.4, 0.5) is 17.1 Å². The van der Waals surface area contributed by atoms with E-state index >= 15 is 0 Å². The molecule has 2 heteroatoms. The van der Waals surface area contributed by atoms with E-state index in [9.17, 15) is 0 Å². The zero-order valence-electron chi connectivity index (χ0n) is 34.1. The summed E-state index contributed by atoms with van der Waals surface area (Å²) in [5, 5.41) is 2.44. The van der Waals surface area contributed by atoms with Crippen LogP contribution in [0.15, 0.2) is 255 Å². The Morgan fingerprint density at radius 1 is 0.274 bits per heavy atom. The third kappa shape index (κ3) is 6.74. The smallest absolute Gasteiger partial charge is 0.0561 e. The van der Waals surface area contributed by atoms with E-state index < -0.39 is 0 Å². The summed E-state index contributed by atoms with van der Waals surface area (Å²) in [6, 6.07) is 92.1. The van der Waals surface area contributed by atoms with Crippen molar-refractivity contribution >= 4 is 38.9 Å². The molecular weight excluding hydrogens is 749 g/mol. The van der Waals surface area contributed by atoms with Crippen LogP contribution < -0.4 is 4.90 Å². The molecule has 0 unspecified atom stereocenters. The molecule has 0 saturated carbocycles. The van der Waals surface area contributed by atoms with Crippen molar-refractivity contribution < 1.29 is 0 Å². The molecule has 0 spiro atoms. The maximum atomic E-state index is 2.44. The van der Waals surface area contributed by atoms with Crippen LogP contribution in [0, 0.1) is 0 Å². The first kappa shape index (κ1) is 36.8. The Morgan fingerprint density at radius 3 is 1.37 bits per heavy atom. The Bertz CT molecular complexity index is 3300. The van der Waals surface area contributed by atoms with E-state index in [4.69, 9.17) is 0 Å². The quantitative estimate of drug-likeness (QED) is 0.141. The van der Waals surface area contributed by atoms with E-state index in [0.717, 1.165) is 33.8 Å². The summed E-state index contributed by atoms with van der Waals surface area (Å²) >= 11 is 0. The lowest BCUT2D eigenvalue weighted by Gasteiger charge is -2.29. The summed E-state index contributed by atoms with van der Waals surface area (Å²) in [5.41, 5.74) is 18.6. The van der Waals surface area contributed by atoms with Crippen LogP contribution in [0.25, 0.3) is 83.1 Å². The number of para-hydroxylation sites is 1. The van der Waals surface area contributed by atoms with Gasteiger partial charge in [-0.2, -0.15) is 0 Å². The molecule has 0 saturated heterocycles. The van der Waals surface area contributed by atoms with Gasteiger partial charge in [-0.1, -0.05) is 206 Å². The Labute approximate surface area is 362 Å². The van der Waals surface area contributed by atoms with Gasteiger partial charge < -0.3 is 9.47 Å². The number of hydrogen-bond acceptors (Lipinski definition) is 1. The fraction of sp³-hybridized carbons (Fsp3) is 0. The molecule has 0 fully saturated rings. The minimum absolute atomic E-state index is 1.07. The van der Waals surface area contributed by atoms with Crippen LogP contribution in [0.5, 0.6) is 0 Å². The minimum Gasteiger partial charge on any atom is -0.310 e. The van der Waals surface area contributed by atoms with Gasteiger partial charge in [-0.05, 0) is 98.6 Å². The molecular formula is C60H42N2.